The van der Waals surface area contributed by atoms with Crippen molar-refractivity contribution in [2.45, 2.75) is 31.8 Å². The molecule has 1 unspecified atom stereocenters. The number of hydrogen-bond acceptors (Lipinski definition) is 4. The minimum Gasteiger partial charge on any atom is -0.387 e. The highest BCUT2D eigenvalue weighted by molar-refractivity contribution is 7.87. The maximum Gasteiger partial charge on any atom is 0.279 e. The second kappa shape index (κ2) is 6.29. The molecule has 108 valence electrons. The highest BCUT2D eigenvalue weighted by Gasteiger charge is 2.28. The Kier molecular flexibility index (Phi) is 5.54. The van der Waals surface area contributed by atoms with Crippen LogP contribution in [-0.2, 0) is 10.2 Å². The first-order valence-electron chi connectivity index (χ1n) is 6.35. The highest BCUT2D eigenvalue weighted by Crippen LogP contribution is 2.12. The molecule has 0 aromatic carbocycles. The van der Waals surface area contributed by atoms with Crippen molar-refractivity contribution in [3.05, 3.63) is 0 Å². The summed E-state index contributed by atoms with van der Waals surface area (Å²) in [4.78, 5) is 1.83. The molecule has 1 aliphatic rings. The number of aliphatic hydroxyl groups is 1. The van der Waals surface area contributed by atoms with E-state index in [4.69, 9.17) is 0 Å². The summed E-state index contributed by atoms with van der Waals surface area (Å²) >= 11 is 0. The quantitative estimate of drug-likeness (QED) is 0.695. The van der Waals surface area contributed by atoms with E-state index in [0.717, 1.165) is 19.3 Å². The Morgan fingerprint density at radius 1 is 1.28 bits per heavy atom. The fourth-order valence-electron chi connectivity index (χ4n) is 2.18. The summed E-state index contributed by atoms with van der Waals surface area (Å²) in [6.07, 6.45) is 2.91. The molecule has 1 aliphatic heterocycles. The van der Waals surface area contributed by atoms with Crippen LogP contribution in [-0.4, -0.2) is 68.6 Å². The van der Waals surface area contributed by atoms with Gasteiger partial charge in [-0.15, -0.1) is 0 Å². The molecule has 0 spiro atoms. The van der Waals surface area contributed by atoms with Crippen molar-refractivity contribution in [3.63, 3.8) is 0 Å². The van der Waals surface area contributed by atoms with Gasteiger partial charge in [0.15, 0.2) is 0 Å². The van der Waals surface area contributed by atoms with E-state index in [1.54, 1.807) is 6.92 Å². The predicted octanol–water partition coefficient (Wildman–Crippen LogP) is -0.381. The summed E-state index contributed by atoms with van der Waals surface area (Å²) in [5.74, 6) is 0. The molecule has 0 radical (unpaired) electrons. The van der Waals surface area contributed by atoms with Crippen molar-refractivity contribution >= 4 is 10.2 Å². The summed E-state index contributed by atoms with van der Waals surface area (Å²) in [6, 6.07) is 0. The Morgan fingerprint density at radius 3 is 2.33 bits per heavy atom. The smallest absolute Gasteiger partial charge is 0.279 e. The largest absolute Gasteiger partial charge is 0.387 e. The van der Waals surface area contributed by atoms with Gasteiger partial charge in [-0.3, -0.25) is 0 Å². The zero-order valence-electron chi connectivity index (χ0n) is 11.5. The van der Waals surface area contributed by atoms with E-state index in [1.807, 2.05) is 19.0 Å². The van der Waals surface area contributed by atoms with Crippen molar-refractivity contribution in [1.29, 1.82) is 0 Å². The molecule has 7 heteroatoms. The molecule has 18 heavy (non-hydrogen) atoms. The molecule has 1 rings (SSSR count). The third-order valence-electron chi connectivity index (χ3n) is 2.95. The monoisotopic (exact) mass is 279 g/mol. The van der Waals surface area contributed by atoms with E-state index >= 15 is 0 Å². The molecule has 0 aliphatic carbocycles. The molecule has 0 aromatic rings. The average Bonchev–Trinajstić information content (AvgIpc) is 2.26. The van der Waals surface area contributed by atoms with Crippen LogP contribution in [0.1, 0.15) is 26.2 Å². The Morgan fingerprint density at radius 2 is 1.83 bits per heavy atom. The zero-order valence-corrected chi connectivity index (χ0v) is 12.3. The maximum absolute atomic E-state index is 12.0. The third-order valence-corrected chi connectivity index (χ3v) is 4.50. The standard InChI is InChI=1S/C11H25N3O3S/c1-11(15,10-13(2)3)9-12-18(16,17)14-7-5-4-6-8-14/h12,15H,4-10H2,1-3H3. The molecular weight excluding hydrogens is 254 g/mol. The van der Waals surface area contributed by atoms with Crippen LogP contribution >= 0.6 is 0 Å². The number of likely N-dealkylation sites (N-methyl/N-ethyl adjacent to an activating group) is 1. The van der Waals surface area contributed by atoms with Crippen LogP contribution in [0.4, 0.5) is 0 Å². The zero-order chi connectivity index (χ0) is 13.8. The van der Waals surface area contributed by atoms with Crippen molar-refractivity contribution in [3.8, 4) is 0 Å². The Labute approximate surface area is 110 Å². The molecule has 1 heterocycles. The molecule has 0 aromatic heterocycles. The van der Waals surface area contributed by atoms with Crippen LogP contribution in [0, 0.1) is 0 Å². The van der Waals surface area contributed by atoms with Crippen LogP contribution in [0.5, 0.6) is 0 Å². The molecule has 6 nitrogen and oxygen atoms in total. The first kappa shape index (κ1) is 15.8. The lowest BCUT2D eigenvalue weighted by Gasteiger charge is -2.30. The van der Waals surface area contributed by atoms with E-state index in [9.17, 15) is 13.5 Å². The third kappa shape index (κ3) is 5.19. The number of nitrogens with zero attached hydrogens (tertiary/aromatic N) is 2. The van der Waals surface area contributed by atoms with Crippen LogP contribution in [0.3, 0.4) is 0 Å². The fourth-order valence-corrected chi connectivity index (χ4v) is 3.60. The van der Waals surface area contributed by atoms with Gasteiger partial charge in [-0.25, -0.2) is 0 Å². The van der Waals surface area contributed by atoms with Crippen LogP contribution in [0.2, 0.25) is 0 Å². The predicted molar refractivity (Wildman–Crippen MR) is 71.5 cm³/mol. The molecule has 2 N–H and O–H groups in total. The van der Waals surface area contributed by atoms with Gasteiger partial charge in [0.05, 0.1) is 5.60 Å². The first-order chi connectivity index (χ1) is 8.23. The lowest BCUT2D eigenvalue weighted by Crippen LogP contribution is -2.51. The van der Waals surface area contributed by atoms with Crippen LogP contribution < -0.4 is 4.72 Å². The lowest BCUT2D eigenvalue weighted by molar-refractivity contribution is 0.0382. The Balaban J connectivity index is 2.50. The van der Waals surface area contributed by atoms with Gasteiger partial charge in [0.2, 0.25) is 0 Å². The van der Waals surface area contributed by atoms with Gasteiger partial charge in [0.1, 0.15) is 0 Å². The van der Waals surface area contributed by atoms with Gasteiger partial charge in [-0.2, -0.15) is 17.4 Å². The number of piperidine rings is 1. The van der Waals surface area contributed by atoms with E-state index in [-0.39, 0.29) is 6.54 Å². The Hall–Kier alpha value is -0.210. The van der Waals surface area contributed by atoms with Crippen LogP contribution in [0.15, 0.2) is 0 Å². The molecule has 1 saturated heterocycles. The van der Waals surface area contributed by atoms with Gasteiger partial charge in [0, 0.05) is 26.2 Å². The molecule has 1 atom stereocenters. The summed E-state index contributed by atoms with van der Waals surface area (Å²) in [5.41, 5.74) is -1.06. The summed E-state index contributed by atoms with van der Waals surface area (Å²) in [7, 11) is 0.234. The molecule has 0 bridgehead atoms. The summed E-state index contributed by atoms with van der Waals surface area (Å²) in [6.45, 7) is 3.22. The second-order valence-electron chi connectivity index (χ2n) is 5.52. The van der Waals surface area contributed by atoms with Crippen molar-refractivity contribution in [1.82, 2.24) is 13.9 Å². The van der Waals surface area contributed by atoms with Crippen molar-refractivity contribution < 1.29 is 13.5 Å². The minimum absolute atomic E-state index is 0.0318. The topological polar surface area (TPSA) is 72.9 Å². The first-order valence-corrected chi connectivity index (χ1v) is 7.79. The summed E-state index contributed by atoms with van der Waals surface area (Å²) in [5, 5.41) is 10.1. The molecule has 1 fully saturated rings. The van der Waals surface area contributed by atoms with Gasteiger partial charge < -0.3 is 10.0 Å². The number of hydrogen-bond donors (Lipinski definition) is 2. The average molecular weight is 279 g/mol. The van der Waals surface area contributed by atoms with E-state index in [1.165, 1.54) is 4.31 Å². The minimum atomic E-state index is -3.45. The second-order valence-corrected chi connectivity index (χ2v) is 7.28. The van der Waals surface area contributed by atoms with Gasteiger partial charge >= 0.3 is 0 Å². The number of nitrogens with one attached hydrogen (secondary N) is 1. The lowest BCUT2D eigenvalue weighted by atomic mass is 10.1. The SMILES string of the molecule is CN(C)CC(C)(O)CNS(=O)(=O)N1CCCCC1. The highest BCUT2D eigenvalue weighted by atomic mass is 32.2. The molecule has 0 amide bonds. The molecular formula is C11H25N3O3S. The van der Waals surface area contributed by atoms with Crippen molar-refractivity contribution in [2.75, 3.05) is 40.3 Å². The maximum atomic E-state index is 12.0. The van der Waals surface area contributed by atoms with Crippen LogP contribution in [0.25, 0.3) is 0 Å². The fraction of sp³-hybridized carbons (Fsp3) is 1.00. The molecule has 0 saturated carbocycles. The normalized spacial score (nSPS) is 22.1. The van der Waals surface area contributed by atoms with Gasteiger partial charge in [-0.05, 0) is 33.9 Å². The van der Waals surface area contributed by atoms with Crippen molar-refractivity contribution in [2.24, 2.45) is 0 Å². The van der Waals surface area contributed by atoms with E-state index in [2.05, 4.69) is 4.72 Å². The van der Waals surface area contributed by atoms with Gasteiger partial charge in [0.25, 0.3) is 10.2 Å². The Bertz CT molecular complexity index is 349. The van der Waals surface area contributed by atoms with E-state index in [0.29, 0.717) is 19.6 Å². The van der Waals surface area contributed by atoms with E-state index < -0.39 is 15.8 Å². The van der Waals surface area contributed by atoms with Gasteiger partial charge in [-0.1, -0.05) is 6.42 Å². The number of rotatable bonds is 6. The summed E-state index contributed by atoms with van der Waals surface area (Å²) < 4.78 is 28.0.